The van der Waals surface area contributed by atoms with Crippen LogP contribution in [0.5, 0.6) is 5.75 Å². The number of fused-ring (bicyclic) bond motifs is 3. The number of hydrogen-bond acceptors (Lipinski definition) is 5. The minimum absolute atomic E-state index is 0.377. The van der Waals surface area contributed by atoms with Crippen molar-refractivity contribution < 1.29 is 23.6 Å². The summed E-state index contributed by atoms with van der Waals surface area (Å²) in [5.74, 6) is 0.301. The Morgan fingerprint density at radius 1 is 1.00 bits per heavy atom. The fourth-order valence-corrected chi connectivity index (χ4v) is 3.36. The summed E-state index contributed by atoms with van der Waals surface area (Å²) in [5.41, 5.74) is 3.78. The molecular formula is C21H23BO5. The largest absolute Gasteiger partial charge is 0.494 e. The molecule has 1 saturated heterocycles. The third kappa shape index (κ3) is 2.93. The van der Waals surface area contributed by atoms with Crippen LogP contribution in [0.15, 0.2) is 36.4 Å². The Morgan fingerprint density at radius 3 is 2.37 bits per heavy atom. The monoisotopic (exact) mass is 366 g/mol. The van der Waals surface area contributed by atoms with Gasteiger partial charge in [0.15, 0.2) is 0 Å². The van der Waals surface area contributed by atoms with Gasteiger partial charge in [-0.05, 0) is 62.5 Å². The van der Waals surface area contributed by atoms with Crippen LogP contribution in [0.2, 0.25) is 0 Å². The second kappa shape index (κ2) is 6.11. The van der Waals surface area contributed by atoms with E-state index in [0.29, 0.717) is 17.9 Å². The van der Waals surface area contributed by atoms with Gasteiger partial charge in [-0.3, -0.25) is 0 Å². The molecule has 6 heteroatoms. The van der Waals surface area contributed by atoms with E-state index in [4.69, 9.17) is 18.8 Å². The third-order valence-corrected chi connectivity index (χ3v) is 5.74. The van der Waals surface area contributed by atoms with Gasteiger partial charge in [-0.2, -0.15) is 0 Å². The summed E-state index contributed by atoms with van der Waals surface area (Å²) >= 11 is 0. The quantitative estimate of drug-likeness (QED) is 0.603. The molecule has 1 fully saturated rings. The van der Waals surface area contributed by atoms with E-state index in [1.54, 1.807) is 12.1 Å². The van der Waals surface area contributed by atoms with E-state index in [1.807, 2.05) is 45.9 Å². The number of esters is 1. The molecule has 0 bridgehead atoms. The molecule has 0 unspecified atom stereocenters. The summed E-state index contributed by atoms with van der Waals surface area (Å²) < 4.78 is 23.0. The molecule has 0 radical (unpaired) electrons. The van der Waals surface area contributed by atoms with Crippen LogP contribution >= 0.6 is 0 Å². The average molecular weight is 366 g/mol. The van der Waals surface area contributed by atoms with Crippen LogP contribution in [0.4, 0.5) is 0 Å². The zero-order valence-corrected chi connectivity index (χ0v) is 16.3. The summed E-state index contributed by atoms with van der Waals surface area (Å²) in [7, 11) is 0.954. The van der Waals surface area contributed by atoms with Crippen LogP contribution in [-0.4, -0.2) is 31.4 Å². The Kier molecular flexibility index (Phi) is 4.09. The summed E-state index contributed by atoms with van der Waals surface area (Å²) in [6, 6.07) is 11.5. The van der Waals surface area contributed by atoms with Gasteiger partial charge in [-0.1, -0.05) is 18.2 Å². The molecule has 140 valence electrons. The number of hydrogen-bond donors (Lipinski definition) is 0. The second-order valence-corrected chi connectivity index (χ2v) is 8.00. The van der Waals surface area contributed by atoms with Gasteiger partial charge >= 0.3 is 13.1 Å². The molecule has 4 rings (SSSR count). The van der Waals surface area contributed by atoms with Crippen LogP contribution in [-0.2, 0) is 20.7 Å². The van der Waals surface area contributed by atoms with Gasteiger partial charge in [-0.15, -0.1) is 0 Å². The van der Waals surface area contributed by atoms with Crippen molar-refractivity contribution in [3.63, 3.8) is 0 Å². The maximum Gasteiger partial charge on any atom is 0.494 e. The number of carbonyl (C=O) groups excluding carboxylic acids is 1. The molecule has 0 amide bonds. The molecule has 2 aliphatic rings. The van der Waals surface area contributed by atoms with Gasteiger partial charge < -0.3 is 18.8 Å². The van der Waals surface area contributed by atoms with Gasteiger partial charge in [0.05, 0.1) is 23.9 Å². The van der Waals surface area contributed by atoms with Gasteiger partial charge in [0.2, 0.25) is 0 Å². The second-order valence-electron chi connectivity index (χ2n) is 8.00. The van der Waals surface area contributed by atoms with Crippen LogP contribution in [0.25, 0.3) is 11.1 Å². The molecule has 2 aliphatic heterocycles. The Bertz CT molecular complexity index is 903. The van der Waals surface area contributed by atoms with E-state index in [-0.39, 0.29) is 17.2 Å². The molecule has 27 heavy (non-hydrogen) atoms. The van der Waals surface area contributed by atoms with Crippen molar-refractivity contribution in [2.24, 2.45) is 0 Å². The third-order valence-electron chi connectivity index (χ3n) is 5.74. The van der Waals surface area contributed by atoms with Crippen LogP contribution in [0, 0.1) is 0 Å². The highest BCUT2D eigenvalue weighted by Crippen LogP contribution is 2.39. The zero-order chi connectivity index (χ0) is 19.4. The lowest BCUT2D eigenvalue weighted by molar-refractivity contribution is 0.00578. The standard InChI is InChI=1S/C21H23BO5/c1-20(2)21(3,4)27-22(26-20)15-8-6-14-12-25-18-10-13(19(23)24-5)7-9-16(18)17(14)11-15/h6-11H,12H2,1-5H3. The molecule has 0 aliphatic carbocycles. The van der Waals surface area contributed by atoms with E-state index >= 15 is 0 Å². The lowest BCUT2D eigenvalue weighted by Gasteiger charge is -2.32. The fraction of sp³-hybridized carbons (Fsp3) is 0.381. The first-order chi connectivity index (χ1) is 12.7. The van der Waals surface area contributed by atoms with E-state index < -0.39 is 7.12 Å². The van der Waals surface area contributed by atoms with Crippen LogP contribution in [0.3, 0.4) is 0 Å². The van der Waals surface area contributed by atoms with Crippen molar-refractivity contribution in [1.82, 2.24) is 0 Å². The zero-order valence-electron chi connectivity index (χ0n) is 16.3. The first-order valence-corrected chi connectivity index (χ1v) is 9.06. The molecule has 2 aromatic carbocycles. The number of carbonyl (C=O) groups is 1. The molecule has 0 atom stereocenters. The highest BCUT2D eigenvalue weighted by molar-refractivity contribution is 6.62. The highest BCUT2D eigenvalue weighted by Gasteiger charge is 2.51. The van der Waals surface area contributed by atoms with E-state index in [1.165, 1.54) is 7.11 Å². The minimum Gasteiger partial charge on any atom is -0.488 e. The van der Waals surface area contributed by atoms with Gasteiger partial charge in [-0.25, -0.2) is 4.79 Å². The van der Waals surface area contributed by atoms with Crippen molar-refractivity contribution in [3.8, 4) is 16.9 Å². The van der Waals surface area contributed by atoms with Gasteiger partial charge in [0.25, 0.3) is 0 Å². The SMILES string of the molecule is COC(=O)c1ccc2c(c1)OCc1ccc(B3OC(C)(C)C(C)(C)O3)cc1-2. The number of methoxy groups -OCH3 is 1. The van der Waals surface area contributed by atoms with E-state index in [2.05, 4.69) is 6.07 Å². The van der Waals surface area contributed by atoms with Crippen LogP contribution < -0.4 is 10.2 Å². The maximum atomic E-state index is 11.8. The smallest absolute Gasteiger partial charge is 0.488 e. The summed E-state index contributed by atoms with van der Waals surface area (Å²) in [6.07, 6.45) is 0. The van der Waals surface area contributed by atoms with Crippen molar-refractivity contribution in [3.05, 3.63) is 47.5 Å². The average Bonchev–Trinajstić information content (AvgIpc) is 2.87. The molecule has 0 aromatic heterocycles. The Hall–Kier alpha value is -2.31. The number of benzene rings is 2. The molecule has 0 saturated carbocycles. The van der Waals surface area contributed by atoms with Crippen molar-refractivity contribution in [2.75, 3.05) is 7.11 Å². The summed E-state index contributed by atoms with van der Waals surface area (Å²) in [4.78, 5) is 11.8. The Labute approximate surface area is 159 Å². The predicted octanol–water partition coefficient (Wildman–Crippen LogP) is 3.33. The first kappa shape index (κ1) is 18.1. The first-order valence-electron chi connectivity index (χ1n) is 9.06. The van der Waals surface area contributed by atoms with Crippen molar-refractivity contribution >= 4 is 18.6 Å². The molecule has 0 spiro atoms. The normalized spacial score (nSPS) is 19.1. The lowest BCUT2D eigenvalue weighted by Crippen LogP contribution is -2.41. The summed E-state index contributed by atoms with van der Waals surface area (Å²) in [6.45, 7) is 8.63. The molecular weight excluding hydrogens is 343 g/mol. The fourth-order valence-electron chi connectivity index (χ4n) is 3.36. The Morgan fingerprint density at radius 2 is 1.70 bits per heavy atom. The minimum atomic E-state index is -0.416. The summed E-state index contributed by atoms with van der Waals surface area (Å²) in [5, 5.41) is 0. The van der Waals surface area contributed by atoms with Crippen molar-refractivity contribution in [2.45, 2.75) is 45.5 Å². The number of rotatable bonds is 2. The van der Waals surface area contributed by atoms with Crippen LogP contribution in [0.1, 0.15) is 43.6 Å². The Balaban J connectivity index is 1.72. The predicted molar refractivity (Wildman–Crippen MR) is 103 cm³/mol. The van der Waals surface area contributed by atoms with Crippen molar-refractivity contribution in [1.29, 1.82) is 0 Å². The van der Waals surface area contributed by atoms with E-state index in [0.717, 1.165) is 22.2 Å². The van der Waals surface area contributed by atoms with E-state index in [9.17, 15) is 4.79 Å². The maximum absolute atomic E-state index is 11.8. The topological polar surface area (TPSA) is 54.0 Å². The van der Waals surface area contributed by atoms with Gasteiger partial charge in [0, 0.05) is 5.56 Å². The molecule has 0 N–H and O–H groups in total. The molecule has 2 heterocycles. The lowest BCUT2D eigenvalue weighted by atomic mass is 9.76. The highest BCUT2D eigenvalue weighted by atomic mass is 16.7. The van der Waals surface area contributed by atoms with Gasteiger partial charge in [0.1, 0.15) is 12.4 Å². The molecule has 5 nitrogen and oxygen atoms in total. The number of ether oxygens (including phenoxy) is 2. The molecule has 2 aromatic rings.